The molecule has 0 aliphatic rings. The summed E-state index contributed by atoms with van der Waals surface area (Å²) >= 11 is 0. The van der Waals surface area contributed by atoms with Crippen molar-refractivity contribution in [3.63, 3.8) is 0 Å². The summed E-state index contributed by atoms with van der Waals surface area (Å²) in [4.78, 5) is 23.4. The fraction of sp³-hybridized carbons (Fsp3) is 0.984. The zero-order valence-corrected chi connectivity index (χ0v) is 50.4. The Morgan fingerprint density at radius 3 is 0.931 bits per heavy atom. The van der Waals surface area contributed by atoms with Crippen LogP contribution in [0.4, 0.5) is 0 Å². The van der Waals surface area contributed by atoms with E-state index in [4.69, 9.17) is 9.05 Å². The standard InChI is InChI=1S/C63H129N2O6P/c1-6-8-10-12-14-16-18-20-22-24-26-28-29-30-31-32-33-34-35-36-37-39-41-43-45-47-49-51-53-55-57-63(67)64-61(60-71-72(68,69)70-59-58-65(3,4)5)62(66)56-54-52-50-48-46-44-42-40-38-27-25-23-21-19-17-15-13-11-9-7-2/h61-62,66H,6-60H2,1-5H3,(H-,64,67,68,69)/p+1. The third-order valence-electron chi connectivity index (χ3n) is 15.4. The first-order valence-electron chi connectivity index (χ1n) is 32.4. The molecule has 0 aromatic rings. The number of hydrogen-bond donors (Lipinski definition) is 3. The van der Waals surface area contributed by atoms with E-state index in [0.717, 1.165) is 38.5 Å². The van der Waals surface area contributed by atoms with E-state index >= 15 is 0 Å². The molecule has 0 aromatic heterocycles. The van der Waals surface area contributed by atoms with E-state index in [1.807, 2.05) is 21.1 Å². The number of unbranched alkanes of at least 4 members (excludes halogenated alkanes) is 48. The number of hydrogen-bond acceptors (Lipinski definition) is 5. The first kappa shape index (κ1) is 71.5. The average Bonchev–Trinajstić information content (AvgIpc) is 3.34. The molecule has 9 heteroatoms. The van der Waals surface area contributed by atoms with Gasteiger partial charge in [0.25, 0.3) is 0 Å². The van der Waals surface area contributed by atoms with Crippen LogP contribution in [0.3, 0.4) is 0 Å². The van der Waals surface area contributed by atoms with Gasteiger partial charge < -0.3 is 19.8 Å². The normalized spacial score (nSPS) is 13.7. The first-order valence-corrected chi connectivity index (χ1v) is 33.9. The lowest BCUT2D eigenvalue weighted by Crippen LogP contribution is -2.46. The quantitative estimate of drug-likeness (QED) is 0.0318. The van der Waals surface area contributed by atoms with Gasteiger partial charge in [0.05, 0.1) is 39.9 Å². The number of amides is 1. The van der Waals surface area contributed by atoms with E-state index in [-0.39, 0.29) is 19.1 Å². The molecular weight excluding hydrogens is 912 g/mol. The lowest BCUT2D eigenvalue weighted by atomic mass is 10.0. The van der Waals surface area contributed by atoms with Gasteiger partial charge in [0.2, 0.25) is 5.91 Å². The molecular formula is C63H130N2O6P+. The Kier molecular flexibility index (Phi) is 54.9. The molecule has 0 bridgehead atoms. The fourth-order valence-corrected chi connectivity index (χ4v) is 11.0. The summed E-state index contributed by atoms with van der Waals surface area (Å²) in [5, 5.41) is 14.1. The van der Waals surface area contributed by atoms with Crippen LogP contribution >= 0.6 is 7.82 Å². The van der Waals surface area contributed by atoms with Crippen molar-refractivity contribution in [2.45, 2.75) is 360 Å². The largest absolute Gasteiger partial charge is 0.472 e. The van der Waals surface area contributed by atoms with E-state index in [1.54, 1.807) is 0 Å². The van der Waals surface area contributed by atoms with Gasteiger partial charge >= 0.3 is 7.82 Å². The number of rotatable bonds is 61. The highest BCUT2D eigenvalue weighted by Gasteiger charge is 2.28. The van der Waals surface area contributed by atoms with Gasteiger partial charge in [-0.3, -0.25) is 13.8 Å². The van der Waals surface area contributed by atoms with E-state index in [0.29, 0.717) is 23.9 Å². The van der Waals surface area contributed by atoms with Gasteiger partial charge in [0.15, 0.2) is 0 Å². The molecule has 0 fully saturated rings. The predicted molar refractivity (Wildman–Crippen MR) is 314 cm³/mol. The van der Waals surface area contributed by atoms with Crippen LogP contribution in [-0.2, 0) is 18.4 Å². The van der Waals surface area contributed by atoms with Crippen LogP contribution in [0.1, 0.15) is 348 Å². The van der Waals surface area contributed by atoms with Crippen LogP contribution in [0.25, 0.3) is 0 Å². The van der Waals surface area contributed by atoms with Gasteiger partial charge in [-0.2, -0.15) is 0 Å². The Morgan fingerprint density at radius 1 is 0.417 bits per heavy atom. The van der Waals surface area contributed by atoms with E-state index < -0.39 is 20.0 Å². The minimum absolute atomic E-state index is 0.0793. The second-order valence-corrected chi connectivity index (χ2v) is 25.3. The number of phosphoric ester groups is 1. The Labute approximate surface area is 450 Å². The maximum Gasteiger partial charge on any atom is 0.472 e. The summed E-state index contributed by atoms with van der Waals surface area (Å²) < 4.78 is 23.8. The number of phosphoric acid groups is 1. The van der Waals surface area contributed by atoms with Crippen molar-refractivity contribution in [2.75, 3.05) is 40.9 Å². The zero-order chi connectivity index (χ0) is 52.7. The highest BCUT2D eigenvalue weighted by molar-refractivity contribution is 7.47. The number of carbonyl (C=O) groups is 1. The maximum atomic E-state index is 13.0. The van der Waals surface area contributed by atoms with Crippen LogP contribution in [0, 0.1) is 0 Å². The van der Waals surface area contributed by atoms with Gasteiger partial charge in [-0.15, -0.1) is 0 Å². The Balaban J connectivity index is 4.00. The first-order chi connectivity index (χ1) is 35.0. The number of aliphatic hydroxyl groups excluding tert-OH is 1. The molecule has 3 N–H and O–H groups in total. The molecule has 0 aliphatic carbocycles. The predicted octanol–water partition coefficient (Wildman–Crippen LogP) is 20.0. The molecule has 432 valence electrons. The summed E-state index contributed by atoms with van der Waals surface area (Å²) in [6, 6.07) is -0.756. The van der Waals surface area contributed by atoms with Gasteiger partial charge in [-0.05, 0) is 12.8 Å². The number of aliphatic hydroxyl groups is 1. The second-order valence-electron chi connectivity index (χ2n) is 23.9. The van der Waals surface area contributed by atoms with Crippen LogP contribution in [0.5, 0.6) is 0 Å². The van der Waals surface area contributed by atoms with Gasteiger partial charge in [0, 0.05) is 6.42 Å². The van der Waals surface area contributed by atoms with Crippen molar-refractivity contribution in [1.82, 2.24) is 5.32 Å². The van der Waals surface area contributed by atoms with Crippen molar-refractivity contribution in [1.29, 1.82) is 0 Å². The summed E-state index contributed by atoms with van der Waals surface area (Å²) in [6.45, 7) is 4.96. The average molecular weight is 1040 g/mol. The topological polar surface area (TPSA) is 105 Å². The highest BCUT2D eigenvalue weighted by atomic mass is 31.2. The fourth-order valence-electron chi connectivity index (χ4n) is 10.3. The van der Waals surface area contributed by atoms with E-state index in [1.165, 1.54) is 283 Å². The molecule has 0 spiro atoms. The Hall–Kier alpha value is -0.500. The smallest absolute Gasteiger partial charge is 0.391 e. The van der Waals surface area contributed by atoms with Crippen molar-refractivity contribution >= 4 is 13.7 Å². The second kappa shape index (κ2) is 55.3. The minimum Gasteiger partial charge on any atom is -0.391 e. The van der Waals surface area contributed by atoms with Crippen molar-refractivity contribution < 1.29 is 32.9 Å². The number of quaternary nitrogens is 1. The molecule has 0 heterocycles. The monoisotopic (exact) mass is 1040 g/mol. The lowest BCUT2D eigenvalue weighted by Gasteiger charge is -2.26. The molecule has 72 heavy (non-hydrogen) atoms. The van der Waals surface area contributed by atoms with E-state index in [2.05, 4.69) is 19.2 Å². The number of likely N-dealkylation sites (N-methyl/N-ethyl adjacent to an activating group) is 1. The molecule has 3 unspecified atom stereocenters. The van der Waals surface area contributed by atoms with Gasteiger partial charge in [-0.25, -0.2) is 4.57 Å². The van der Waals surface area contributed by atoms with E-state index in [9.17, 15) is 19.4 Å². The van der Waals surface area contributed by atoms with Crippen LogP contribution in [-0.4, -0.2) is 73.4 Å². The van der Waals surface area contributed by atoms with Crippen LogP contribution in [0.2, 0.25) is 0 Å². The van der Waals surface area contributed by atoms with Crippen LogP contribution < -0.4 is 5.32 Å². The molecule has 0 aromatic carbocycles. The number of carbonyl (C=O) groups excluding carboxylic acids is 1. The summed E-state index contributed by atoms with van der Waals surface area (Å²) in [7, 11) is 1.64. The molecule has 0 aliphatic heterocycles. The summed E-state index contributed by atoms with van der Waals surface area (Å²) in [5.41, 5.74) is 0. The van der Waals surface area contributed by atoms with Gasteiger partial charge in [0.1, 0.15) is 13.2 Å². The number of nitrogens with one attached hydrogen (secondary N) is 1. The molecule has 3 atom stereocenters. The highest BCUT2D eigenvalue weighted by Crippen LogP contribution is 2.43. The molecule has 0 rings (SSSR count). The lowest BCUT2D eigenvalue weighted by molar-refractivity contribution is -0.870. The van der Waals surface area contributed by atoms with Crippen molar-refractivity contribution in [3.05, 3.63) is 0 Å². The third-order valence-corrected chi connectivity index (χ3v) is 16.3. The third kappa shape index (κ3) is 57.2. The number of nitrogens with zero attached hydrogens (tertiary/aromatic N) is 1. The molecule has 0 radical (unpaired) electrons. The Morgan fingerprint density at radius 2 is 0.667 bits per heavy atom. The summed E-state index contributed by atoms with van der Waals surface area (Å²) in [5.74, 6) is -0.134. The van der Waals surface area contributed by atoms with Gasteiger partial charge in [-0.1, -0.05) is 328 Å². The Bertz CT molecular complexity index is 1140. The minimum atomic E-state index is -4.32. The molecule has 8 nitrogen and oxygen atoms in total. The maximum absolute atomic E-state index is 13.0. The zero-order valence-electron chi connectivity index (χ0n) is 49.5. The van der Waals surface area contributed by atoms with Crippen molar-refractivity contribution in [3.8, 4) is 0 Å². The molecule has 0 saturated carbocycles. The SMILES string of the molecule is CCCCCCCCCCCCCCCCCCCCCCCCCCCCCCCCC(=O)NC(COP(=O)(O)OCC[N+](C)(C)C)C(O)CCCCCCCCCCCCCCCCCCCCCC. The summed E-state index contributed by atoms with van der Waals surface area (Å²) in [6.07, 6.45) is 67.6. The molecule has 0 saturated heterocycles. The van der Waals surface area contributed by atoms with Crippen molar-refractivity contribution in [2.24, 2.45) is 0 Å². The molecule has 1 amide bonds. The van der Waals surface area contributed by atoms with Crippen LogP contribution in [0.15, 0.2) is 0 Å².